The number of anilines is 2. The van der Waals surface area contributed by atoms with E-state index >= 15 is 0 Å². The number of carbonyl (C=O) groups is 2. The Hall–Kier alpha value is -3.83. The van der Waals surface area contributed by atoms with Crippen LogP contribution in [0.15, 0.2) is 54.6 Å². The lowest BCUT2D eigenvalue weighted by atomic mass is 10.1. The predicted molar refractivity (Wildman–Crippen MR) is 126 cm³/mol. The number of rotatable bonds is 7. The highest BCUT2D eigenvalue weighted by atomic mass is 35.5. The number of nitriles is 1. The van der Waals surface area contributed by atoms with Crippen LogP contribution in [0.2, 0.25) is 5.02 Å². The average Bonchev–Trinajstić information content (AvgIpc) is 3.37. The van der Waals surface area contributed by atoms with Gasteiger partial charge in [-0.1, -0.05) is 29.8 Å². The Bertz CT molecular complexity index is 1200. The van der Waals surface area contributed by atoms with E-state index in [0.29, 0.717) is 54.4 Å². The molecule has 0 bridgehead atoms. The standard InChI is InChI=1S/C24H23ClN6O2/c25-16-8-10-17(11-9-16)30-14-12-19(24(30)33)23(32)28-13-4-7-21-20(15-26)22(27)31(29-21)18-5-2-1-3-6-18/h1-3,5-6,8-11,19H,4,7,12-14,27H2,(H,28,32). The van der Waals surface area contributed by atoms with Crippen molar-refractivity contribution in [2.75, 3.05) is 23.7 Å². The zero-order chi connectivity index (χ0) is 23.4. The number of hydrogen-bond donors (Lipinski definition) is 2. The summed E-state index contributed by atoms with van der Waals surface area (Å²) >= 11 is 5.91. The molecule has 3 N–H and O–H groups in total. The van der Waals surface area contributed by atoms with Crippen LogP contribution >= 0.6 is 11.6 Å². The predicted octanol–water partition coefficient (Wildman–Crippen LogP) is 3.08. The van der Waals surface area contributed by atoms with Gasteiger partial charge < -0.3 is 16.0 Å². The number of nitrogens with one attached hydrogen (secondary N) is 1. The van der Waals surface area contributed by atoms with E-state index in [0.717, 1.165) is 11.4 Å². The maximum Gasteiger partial charge on any atom is 0.239 e. The molecule has 8 nitrogen and oxygen atoms in total. The van der Waals surface area contributed by atoms with Gasteiger partial charge in [-0.2, -0.15) is 10.4 Å². The van der Waals surface area contributed by atoms with Gasteiger partial charge in [-0.05, 0) is 55.7 Å². The summed E-state index contributed by atoms with van der Waals surface area (Å²) in [7, 11) is 0. The van der Waals surface area contributed by atoms with Crippen LogP contribution in [-0.4, -0.2) is 34.7 Å². The molecule has 0 radical (unpaired) electrons. The summed E-state index contributed by atoms with van der Waals surface area (Å²) in [6.07, 6.45) is 1.50. The van der Waals surface area contributed by atoms with Gasteiger partial charge in [0.25, 0.3) is 0 Å². The van der Waals surface area contributed by atoms with E-state index in [-0.39, 0.29) is 11.8 Å². The first-order valence-corrected chi connectivity index (χ1v) is 11.0. The fraction of sp³-hybridized carbons (Fsp3) is 0.250. The van der Waals surface area contributed by atoms with Gasteiger partial charge in [-0.25, -0.2) is 4.68 Å². The zero-order valence-electron chi connectivity index (χ0n) is 17.9. The van der Waals surface area contributed by atoms with Crippen LogP contribution in [0.4, 0.5) is 11.5 Å². The molecule has 2 heterocycles. The largest absolute Gasteiger partial charge is 0.382 e. The molecule has 4 rings (SSSR count). The third kappa shape index (κ3) is 4.69. The first kappa shape index (κ1) is 22.4. The van der Waals surface area contributed by atoms with Gasteiger partial charge in [0.05, 0.1) is 11.4 Å². The van der Waals surface area contributed by atoms with Crippen molar-refractivity contribution in [3.05, 3.63) is 70.9 Å². The molecule has 1 aliphatic heterocycles. The van der Waals surface area contributed by atoms with Gasteiger partial charge in [-0.15, -0.1) is 0 Å². The minimum absolute atomic E-state index is 0.212. The van der Waals surface area contributed by atoms with Crippen molar-refractivity contribution in [2.45, 2.75) is 19.3 Å². The second kappa shape index (κ2) is 9.76. The third-order valence-electron chi connectivity index (χ3n) is 5.66. The van der Waals surface area contributed by atoms with Gasteiger partial charge in [-0.3, -0.25) is 9.59 Å². The second-order valence-electron chi connectivity index (χ2n) is 7.77. The Balaban J connectivity index is 1.32. The Labute approximate surface area is 196 Å². The number of aromatic nitrogens is 2. The van der Waals surface area contributed by atoms with Gasteiger partial charge >= 0.3 is 0 Å². The Morgan fingerprint density at radius 3 is 2.61 bits per heavy atom. The summed E-state index contributed by atoms with van der Waals surface area (Å²) in [5.41, 5.74) is 8.56. The highest BCUT2D eigenvalue weighted by Gasteiger charge is 2.37. The average molecular weight is 463 g/mol. The molecular formula is C24H23ClN6O2. The van der Waals surface area contributed by atoms with Crippen molar-refractivity contribution >= 4 is 34.9 Å². The summed E-state index contributed by atoms with van der Waals surface area (Å²) in [6, 6.07) is 18.5. The molecule has 1 unspecified atom stereocenters. The van der Waals surface area contributed by atoms with Crippen molar-refractivity contribution in [1.82, 2.24) is 15.1 Å². The van der Waals surface area contributed by atoms with Crippen LogP contribution < -0.4 is 16.0 Å². The molecule has 1 atom stereocenters. The van der Waals surface area contributed by atoms with Gasteiger partial charge in [0.15, 0.2) is 0 Å². The molecule has 1 aromatic heterocycles. The highest BCUT2D eigenvalue weighted by Crippen LogP contribution is 2.26. The van der Waals surface area contributed by atoms with E-state index in [4.69, 9.17) is 17.3 Å². The lowest BCUT2D eigenvalue weighted by molar-refractivity contribution is -0.132. The quantitative estimate of drug-likeness (QED) is 0.413. The number of aryl methyl sites for hydroxylation is 1. The first-order chi connectivity index (χ1) is 16.0. The smallest absolute Gasteiger partial charge is 0.239 e. The number of nitrogens with zero attached hydrogens (tertiary/aromatic N) is 4. The second-order valence-corrected chi connectivity index (χ2v) is 8.20. The minimum Gasteiger partial charge on any atom is -0.382 e. The van der Waals surface area contributed by atoms with Gasteiger partial charge in [0.1, 0.15) is 23.4 Å². The van der Waals surface area contributed by atoms with Crippen LogP contribution in [0, 0.1) is 17.2 Å². The summed E-state index contributed by atoms with van der Waals surface area (Å²) in [6.45, 7) is 0.854. The number of nitrogens with two attached hydrogens (primary N) is 1. The molecule has 1 saturated heterocycles. The first-order valence-electron chi connectivity index (χ1n) is 10.7. The van der Waals surface area contributed by atoms with E-state index in [1.165, 1.54) is 0 Å². The lowest BCUT2D eigenvalue weighted by Gasteiger charge is -2.16. The number of halogens is 1. The van der Waals surface area contributed by atoms with E-state index < -0.39 is 5.92 Å². The van der Waals surface area contributed by atoms with Gasteiger partial charge in [0, 0.05) is 23.8 Å². The molecule has 33 heavy (non-hydrogen) atoms. The lowest BCUT2D eigenvalue weighted by Crippen LogP contribution is -2.37. The summed E-state index contributed by atoms with van der Waals surface area (Å²) in [5.74, 6) is -0.910. The van der Waals surface area contributed by atoms with E-state index in [1.807, 2.05) is 30.3 Å². The van der Waals surface area contributed by atoms with Crippen LogP contribution in [0.5, 0.6) is 0 Å². The van der Waals surface area contributed by atoms with Crippen LogP contribution in [0.3, 0.4) is 0 Å². The third-order valence-corrected chi connectivity index (χ3v) is 5.91. The molecule has 9 heteroatoms. The SMILES string of the molecule is N#Cc1c(CCCNC(=O)C2CCN(c3ccc(Cl)cc3)C2=O)nn(-c2ccccc2)c1N. The van der Waals surface area contributed by atoms with Crippen molar-refractivity contribution in [3.8, 4) is 11.8 Å². The maximum atomic E-state index is 12.7. The van der Waals surface area contributed by atoms with Crippen LogP contribution in [-0.2, 0) is 16.0 Å². The summed E-state index contributed by atoms with van der Waals surface area (Å²) in [5, 5.41) is 17.4. The minimum atomic E-state index is -0.705. The fourth-order valence-corrected chi connectivity index (χ4v) is 4.06. The topological polar surface area (TPSA) is 117 Å². The number of amides is 2. The molecule has 2 amide bonds. The normalized spacial score (nSPS) is 15.5. The van der Waals surface area contributed by atoms with Crippen molar-refractivity contribution < 1.29 is 9.59 Å². The summed E-state index contributed by atoms with van der Waals surface area (Å²) in [4.78, 5) is 26.9. The number of para-hydroxylation sites is 1. The van der Waals surface area contributed by atoms with Crippen LogP contribution in [0.25, 0.3) is 5.69 Å². The Kier molecular flexibility index (Phi) is 6.61. The van der Waals surface area contributed by atoms with Crippen LogP contribution in [0.1, 0.15) is 24.1 Å². The molecule has 0 spiro atoms. The molecule has 1 fully saturated rings. The maximum absolute atomic E-state index is 12.7. The van der Waals surface area contributed by atoms with E-state index in [2.05, 4.69) is 16.5 Å². The van der Waals surface area contributed by atoms with E-state index in [9.17, 15) is 14.9 Å². The van der Waals surface area contributed by atoms with Crippen molar-refractivity contribution in [3.63, 3.8) is 0 Å². The molecule has 3 aromatic rings. The van der Waals surface area contributed by atoms with E-state index in [1.54, 1.807) is 33.8 Å². The van der Waals surface area contributed by atoms with Crippen molar-refractivity contribution in [2.24, 2.45) is 5.92 Å². The molecule has 1 aliphatic rings. The van der Waals surface area contributed by atoms with Crippen molar-refractivity contribution in [1.29, 1.82) is 5.26 Å². The molecule has 168 valence electrons. The summed E-state index contributed by atoms with van der Waals surface area (Å²) < 4.78 is 1.55. The zero-order valence-corrected chi connectivity index (χ0v) is 18.6. The molecular weight excluding hydrogens is 440 g/mol. The molecule has 0 aliphatic carbocycles. The Morgan fingerprint density at radius 2 is 1.91 bits per heavy atom. The molecule has 2 aromatic carbocycles. The number of benzene rings is 2. The fourth-order valence-electron chi connectivity index (χ4n) is 3.93. The van der Waals surface area contributed by atoms with Gasteiger partial charge in [0.2, 0.25) is 11.8 Å². The number of carbonyl (C=O) groups excluding carboxylic acids is 2. The monoisotopic (exact) mass is 462 g/mol. The number of nitrogen functional groups attached to an aromatic ring is 1. The molecule has 0 saturated carbocycles. The highest BCUT2D eigenvalue weighted by molar-refractivity contribution is 6.30. The number of hydrogen-bond acceptors (Lipinski definition) is 5. The Morgan fingerprint density at radius 1 is 1.18 bits per heavy atom.